The first-order valence-corrected chi connectivity index (χ1v) is 13.0. The van der Waals surface area contributed by atoms with Crippen LogP contribution in [-0.4, -0.2) is 69.7 Å². The summed E-state index contributed by atoms with van der Waals surface area (Å²) < 4.78 is 10.9. The number of amides is 2. The monoisotopic (exact) mass is 519 g/mol. The van der Waals surface area contributed by atoms with Crippen LogP contribution < -0.4 is 10.1 Å². The Kier molecular flexibility index (Phi) is 7.45. The average Bonchev–Trinajstić information content (AvgIpc) is 2.92. The molecule has 3 aromatic rings. The summed E-state index contributed by atoms with van der Waals surface area (Å²) in [6.07, 6.45) is 3.92. The number of anilines is 1. The Morgan fingerprint density at radius 3 is 2.24 bits per heavy atom. The number of carbonyl (C=O) groups is 2. The molecule has 37 heavy (non-hydrogen) atoms. The molecular weight excluding hydrogens is 490 g/mol. The number of nitrogens with zero attached hydrogens (tertiary/aromatic N) is 4. The summed E-state index contributed by atoms with van der Waals surface area (Å²) >= 11 is 5.44. The normalized spacial score (nSPS) is 15.2. The predicted molar refractivity (Wildman–Crippen MR) is 144 cm³/mol. The van der Waals surface area contributed by atoms with Crippen LogP contribution in [0.1, 0.15) is 41.5 Å². The highest BCUT2D eigenvalue weighted by atomic mass is 32.1. The topological polar surface area (TPSA) is 96.9 Å². The number of aromatic nitrogens is 2. The Bertz CT molecular complexity index is 1320. The number of hydrogen-bond donors (Lipinski definition) is 1. The summed E-state index contributed by atoms with van der Waals surface area (Å²) in [6.45, 7) is 4.31. The first-order chi connectivity index (χ1) is 18.0. The van der Waals surface area contributed by atoms with E-state index in [4.69, 9.17) is 31.7 Å². The van der Waals surface area contributed by atoms with Gasteiger partial charge in [-0.15, -0.1) is 0 Å². The van der Waals surface area contributed by atoms with Gasteiger partial charge in [-0.1, -0.05) is 0 Å². The van der Waals surface area contributed by atoms with E-state index in [1.54, 1.807) is 36.1 Å². The second kappa shape index (κ2) is 11.1. The molecule has 2 amide bonds. The number of rotatable bonds is 4. The minimum Gasteiger partial charge on any atom is -0.450 e. The SMILES string of the molecule is CCOC(=O)N1CCN(C(=S)Oc2ccc(C(=O)Nc3ccc4nc5c(nc4c3)CCCC5)cc2)CC1. The molecule has 0 saturated carbocycles. The van der Waals surface area contributed by atoms with E-state index in [2.05, 4.69) is 5.32 Å². The van der Waals surface area contributed by atoms with Gasteiger partial charge in [0.2, 0.25) is 0 Å². The maximum atomic E-state index is 12.8. The third kappa shape index (κ3) is 5.80. The van der Waals surface area contributed by atoms with Crippen LogP contribution in [0.5, 0.6) is 5.75 Å². The largest absolute Gasteiger partial charge is 0.450 e. The van der Waals surface area contributed by atoms with Crippen LogP contribution in [0.15, 0.2) is 42.5 Å². The third-order valence-electron chi connectivity index (χ3n) is 6.54. The molecule has 1 N–H and O–H groups in total. The van der Waals surface area contributed by atoms with Crippen molar-refractivity contribution in [1.29, 1.82) is 0 Å². The Labute approximate surface area is 220 Å². The number of benzene rings is 2. The van der Waals surface area contributed by atoms with E-state index in [0.717, 1.165) is 48.1 Å². The van der Waals surface area contributed by atoms with Gasteiger partial charge in [-0.2, -0.15) is 0 Å². The third-order valence-corrected chi connectivity index (χ3v) is 6.88. The minimum atomic E-state index is -0.307. The van der Waals surface area contributed by atoms with Gasteiger partial charge in [-0.05, 0) is 87.3 Å². The van der Waals surface area contributed by atoms with E-state index in [1.807, 2.05) is 23.1 Å². The highest BCUT2D eigenvalue weighted by Gasteiger charge is 2.24. The minimum absolute atomic E-state index is 0.227. The number of aryl methyl sites for hydroxylation is 2. The summed E-state index contributed by atoms with van der Waals surface area (Å²) in [5.41, 5.74) is 4.97. The number of thiocarbonyl (C=S) groups is 1. The van der Waals surface area contributed by atoms with Gasteiger partial charge >= 0.3 is 6.09 Å². The van der Waals surface area contributed by atoms with Gasteiger partial charge in [-0.25, -0.2) is 14.8 Å². The fraction of sp³-hybridized carbons (Fsp3) is 0.370. The number of carbonyl (C=O) groups excluding carboxylic acids is 2. The molecule has 0 unspecified atom stereocenters. The van der Waals surface area contributed by atoms with E-state index in [0.29, 0.717) is 55.0 Å². The molecule has 2 aromatic carbocycles. The van der Waals surface area contributed by atoms with Gasteiger partial charge in [0.15, 0.2) is 0 Å². The van der Waals surface area contributed by atoms with E-state index in [9.17, 15) is 9.59 Å². The number of ether oxygens (including phenoxy) is 2. The molecular formula is C27H29N5O4S. The highest BCUT2D eigenvalue weighted by molar-refractivity contribution is 7.80. The van der Waals surface area contributed by atoms with Gasteiger partial charge in [0.25, 0.3) is 11.1 Å². The van der Waals surface area contributed by atoms with Crippen LogP contribution in [0.25, 0.3) is 11.0 Å². The van der Waals surface area contributed by atoms with Crippen LogP contribution in [0.3, 0.4) is 0 Å². The summed E-state index contributed by atoms with van der Waals surface area (Å²) in [5, 5.41) is 3.27. The summed E-state index contributed by atoms with van der Waals surface area (Å²) in [6, 6.07) is 12.4. The molecule has 2 aliphatic rings. The Morgan fingerprint density at radius 1 is 0.919 bits per heavy atom. The highest BCUT2D eigenvalue weighted by Crippen LogP contribution is 2.23. The lowest BCUT2D eigenvalue weighted by molar-refractivity contribution is 0.0901. The van der Waals surface area contributed by atoms with E-state index >= 15 is 0 Å². The van der Waals surface area contributed by atoms with Crippen molar-refractivity contribution in [2.24, 2.45) is 0 Å². The zero-order valence-corrected chi connectivity index (χ0v) is 21.6. The van der Waals surface area contributed by atoms with Crippen molar-refractivity contribution < 1.29 is 19.1 Å². The zero-order valence-electron chi connectivity index (χ0n) is 20.7. The van der Waals surface area contributed by atoms with Gasteiger partial charge in [-0.3, -0.25) is 4.79 Å². The molecule has 1 saturated heterocycles. The van der Waals surface area contributed by atoms with E-state index in [1.165, 1.54) is 0 Å². The maximum Gasteiger partial charge on any atom is 0.409 e. The molecule has 0 bridgehead atoms. The summed E-state index contributed by atoms with van der Waals surface area (Å²) in [4.78, 5) is 37.8. The van der Waals surface area contributed by atoms with E-state index in [-0.39, 0.29) is 12.0 Å². The summed E-state index contributed by atoms with van der Waals surface area (Å²) in [7, 11) is 0. The van der Waals surface area contributed by atoms with Crippen molar-refractivity contribution in [3.63, 3.8) is 0 Å². The van der Waals surface area contributed by atoms with Gasteiger partial charge < -0.3 is 24.6 Å². The molecule has 9 nitrogen and oxygen atoms in total. The standard InChI is InChI=1S/C27H29N5O4S/c1-2-35-26(34)31-13-15-32(16-14-31)27(37)36-20-10-7-18(8-11-20)25(33)28-19-9-12-23-24(17-19)30-22-6-4-3-5-21(22)29-23/h7-12,17H,2-6,13-16H2,1H3,(H,28,33). The predicted octanol–water partition coefficient (Wildman–Crippen LogP) is 4.20. The first kappa shape index (κ1) is 24.9. The molecule has 5 rings (SSSR count). The van der Waals surface area contributed by atoms with Crippen molar-refractivity contribution in [3.05, 3.63) is 59.4 Å². The molecule has 0 radical (unpaired) electrons. The van der Waals surface area contributed by atoms with Crippen molar-refractivity contribution in [2.45, 2.75) is 32.6 Å². The lowest BCUT2D eigenvalue weighted by atomic mass is 10.0. The fourth-order valence-electron chi connectivity index (χ4n) is 4.52. The molecule has 1 aliphatic heterocycles. The second-order valence-electron chi connectivity index (χ2n) is 9.05. The lowest BCUT2D eigenvalue weighted by Crippen LogP contribution is -2.51. The quantitative estimate of drug-likeness (QED) is 0.513. The van der Waals surface area contributed by atoms with Crippen molar-refractivity contribution in [3.8, 4) is 5.75 Å². The van der Waals surface area contributed by atoms with E-state index < -0.39 is 0 Å². The number of fused-ring (bicyclic) bond motifs is 2. The molecule has 0 spiro atoms. The number of piperazine rings is 1. The van der Waals surface area contributed by atoms with Crippen molar-refractivity contribution in [1.82, 2.24) is 19.8 Å². The van der Waals surface area contributed by atoms with Gasteiger partial charge in [0, 0.05) is 37.4 Å². The zero-order chi connectivity index (χ0) is 25.8. The number of nitrogens with one attached hydrogen (secondary N) is 1. The van der Waals surface area contributed by atoms with Gasteiger partial charge in [0.05, 0.1) is 29.0 Å². The maximum absolute atomic E-state index is 12.8. The summed E-state index contributed by atoms with van der Waals surface area (Å²) in [5.74, 6) is 0.314. The second-order valence-corrected chi connectivity index (χ2v) is 9.40. The number of hydrogen-bond acceptors (Lipinski definition) is 7. The lowest BCUT2D eigenvalue weighted by Gasteiger charge is -2.34. The smallest absolute Gasteiger partial charge is 0.409 e. The molecule has 192 valence electrons. The Hall–Kier alpha value is -3.79. The van der Waals surface area contributed by atoms with Crippen LogP contribution in [0, 0.1) is 0 Å². The van der Waals surface area contributed by atoms with Gasteiger partial charge in [0.1, 0.15) is 5.75 Å². The molecule has 1 aliphatic carbocycles. The van der Waals surface area contributed by atoms with Crippen LogP contribution in [0.4, 0.5) is 10.5 Å². The molecule has 1 aromatic heterocycles. The van der Waals surface area contributed by atoms with Crippen LogP contribution >= 0.6 is 12.2 Å². The fourth-order valence-corrected chi connectivity index (χ4v) is 4.80. The molecule has 2 heterocycles. The Morgan fingerprint density at radius 2 is 1.57 bits per heavy atom. The molecule has 10 heteroatoms. The Balaban J connectivity index is 1.17. The van der Waals surface area contributed by atoms with Crippen LogP contribution in [0.2, 0.25) is 0 Å². The molecule has 1 fully saturated rings. The van der Waals surface area contributed by atoms with Crippen molar-refractivity contribution >= 4 is 46.1 Å². The van der Waals surface area contributed by atoms with Crippen LogP contribution in [-0.2, 0) is 17.6 Å². The van der Waals surface area contributed by atoms with Crippen molar-refractivity contribution in [2.75, 3.05) is 38.1 Å². The molecule has 0 atom stereocenters. The first-order valence-electron chi connectivity index (χ1n) is 12.6. The average molecular weight is 520 g/mol.